The second-order valence-corrected chi connectivity index (χ2v) is 5.86. The van der Waals surface area contributed by atoms with Crippen molar-refractivity contribution in [3.63, 3.8) is 0 Å². The summed E-state index contributed by atoms with van der Waals surface area (Å²) in [6, 6.07) is 0.226. The number of aliphatic hydroxyl groups is 1. The van der Waals surface area contributed by atoms with E-state index in [4.69, 9.17) is 5.11 Å². The summed E-state index contributed by atoms with van der Waals surface area (Å²) >= 11 is 0. The van der Waals surface area contributed by atoms with Crippen LogP contribution in [-0.4, -0.2) is 64.3 Å². The molecule has 1 aliphatic carbocycles. The van der Waals surface area contributed by atoms with Crippen LogP contribution >= 0.6 is 0 Å². The standard InChI is InChI=1S/C14H24N2O4/c1-2-14(12(18)19)5-7-15(8-6-14)13(20)16(9-10-17)11-3-4-11/h11,17H,2-10H2,1H3,(H,18,19). The molecule has 0 spiro atoms. The van der Waals surface area contributed by atoms with Gasteiger partial charge in [-0.1, -0.05) is 6.92 Å². The SMILES string of the molecule is CCC1(C(=O)O)CCN(C(=O)N(CCO)C2CC2)CC1. The van der Waals surface area contributed by atoms with Crippen molar-refractivity contribution in [1.82, 2.24) is 9.80 Å². The van der Waals surface area contributed by atoms with Gasteiger partial charge in [-0.25, -0.2) is 4.79 Å². The Kier molecular flexibility index (Phi) is 4.52. The van der Waals surface area contributed by atoms with Crippen LogP contribution < -0.4 is 0 Å². The molecule has 0 radical (unpaired) electrons. The lowest BCUT2D eigenvalue weighted by atomic mass is 9.76. The van der Waals surface area contributed by atoms with Crippen molar-refractivity contribution in [2.45, 2.75) is 45.1 Å². The number of urea groups is 1. The minimum Gasteiger partial charge on any atom is -0.481 e. The van der Waals surface area contributed by atoms with Gasteiger partial charge in [0, 0.05) is 25.7 Å². The summed E-state index contributed by atoms with van der Waals surface area (Å²) in [7, 11) is 0. The Morgan fingerprint density at radius 1 is 1.30 bits per heavy atom. The summed E-state index contributed by atoms with van der Waals surface area (Å²) in [6.07, 6.45) is 3.65. The van der Waals surface area contributed by atoms with Gasteiger partial charge < -0.3 is 20.0 Å². The van der Waals surface area contributed by atoms with Gasteiger partial charge in [-0.3, -0.25) is 4.79 Å². The highest BCUT2D eigenvalue weighted by atomic mass is 16.4. The van der Waals surface area contributed by atoms with Crippen molar-refractivity contribution in [1.29, 1.82) is 0 Å². The van der Waals surface area contributed by atoms with E-state index < -0.39 is 11.4 Å². The lowest BCUT2D eigenvalue weighted by molar-refractivity contribution is -0.152. The summed E-state index contributed by atoms with van der Waals surface area (Å²) in [5.41, 5.74) is -0.668. The molecule has 114 valence electrons. The number of likely N-dealkylation sites (tertiary alicyclic amines) is 1. The molecule has 2 aliphatic rings. The lowest BCUT2D eigenvalue weighted by Gasteiger charge is -2.40. The highest BCUT2D eigenvalue weighted by molar-refractivity contribution is 5.77. The number of carbonyl (C=O) groups excluding carboxylic acids is 1. The summed E-state index contributed by atoms with van der Waals surface area (Å²) < 4.78 is 0. The molecule has 6 nitrogen and oxygen atoms in total. The molecule has 0 aromatic heterocycles. The number of nitrogens with zero attached hydrogens (tertiary/aromatic N) is 2. The van der Waals surface area contributed by atoms with Gasteiger partial charge >= 0.3 is 12.0 Å². The van der Waals surface area contributed by atoms with Gasteiger partial charge in [0.25, 0.3) is 0 Å². The third kappa shape index (κ3) is 2.90. The van der Waals surface area contributed by atoms with Crippen LogP contribution in [0, 0.1) is 5.41 Å². The van der Waals surface area contributed by atoms with E-state index in [1.54, 1.807) is 9.80 Å². The Balaban J connectivity index is 1.95. The maximum atomic E-state index is 12.4. The Bertz CT molecular complexity index is 373. The van der Waals surface area contributed by atoms with E-state index in [9.17, 15) is 14.7 Å². The molecule has 0 atom stereocenters. The fourth-order valence-electron chi connectivity index (χ4n) is 2.95. The first-order valence-electron chi connectivity index (χ1n) is 7.44. The average molecular weight is 284 g/mol. The van der Waals surface area contributed by atoms with Gasteiger partial charge in [0.15, 0.2) is 0 Å². The lowest BCUT2D eigenvalue weighted by Crippen LogP contribution is -2.51. The number of aliphatic hydroxyl groups excluding tert-OH is 1. The fraction of sp³-hybridized carbons (Fsp3) is 0.857. The number of amides is 2. The molecular formula is C14H24N2O4. The Labute approximate surface area is 119 Å². The molecule has 2 amide bonds. The molecule has 1 heterocycles. The van der Waals surface area contributed by atoms with Crippen LogP contribution in [0.15, 0.2) is 0 Å². The van der Waals surface area contributed by atoms with Gasteiger partial charge in [-0.2, -0.15) is 0 Å². The van der Waals surface area contributed by atoms with Crippen LogP contribution in [0.3, 0.4) is 0 Å². The smallest absolute Gasteiger partial charge is 0.320 e. The number of carboxylic acid groups (broad SMARTS) is 1. The Morgan fingerprint density at radius 2 is 1.90 bits per heavy atom. The zero-order valence-corrected chi connectivity index (χ0v) is 12.0. The van der Waals surface area contributed by atoms with Gasteiger partial charge in [-0.15, -0.1) is 0 Å². The van der Waals surface area contributed by atoms with E-state index >= 15 is 0 Å². The number of rotatable bonds is 5. The van der Waals surface area contributed by atoms with Crippen molar-refractivity contribution >= 4 is 12.0 Å². The topological polar surface area (TPSA) is 81.1 Å². The number of carbonyl (C=O) groups is 2. The number of piperidine rings is 1. The molecule has 2 N–H and O–H groups in total. The molecule has 0 aromatic rings. The maximum absolute atomic E-state index is 12.4. The number of hydrogen-bond donors (Lipinski definition) is 2. The van der Waals surface area contributed by atoms with Crippen molar-refractivity contribution in [2.24, 2.45) is 5.41 Å². The van der Waals surface area contributed by atoms with Crippen molar-refractivity contribution in [3.8, 4) is 0 Å². The Morgan fingerprint density at radius 3 is 2.30 bits per heavy atom. The first-order valence-corrected chi connectivity index (χ1v) is 7.44. The van der Waals surface area contributed by atoms with E-state index in [1.165, 1.54) is 0 Å². The molecule has 1 aliphatic heterocycles. The van der Waals surface area contributed by atoms with Gasteiger partial charge in [0.2, 0.25) is 0 Å². The highest BCUT2D eigenvalue weighted by Crippen LogP contribution is 2.36. The fourth-order valence-corrected chi connectivity index (χ4v) is 2.95. The maximum Gasteiger partial charge on any atom is 0.320 e. The Hall–Kier alpha value is -1.30. The largest absolute Gasteiger partial charge is 0.481 e. The second-order valence-electron chi connectivity index (χ2n) is 5.86. The van der Waals surface area contributed by atoms with Crippen LogP contribution in [-0.2, 0) is 4.79 Å². The molecular weight excluding hydrogens is 260 g/mol. The number of aliphatic carboxylic acids is 1. The first-order chi connectivity index (χ1) is 9.54. The summed E-state index contributed by atoms with van der Waals surface area (Å²) in [6.45, 7) is 3.23. The molecule has 0 unspecified atom stereocenters. The third-order valence-corrected chi connectivity index (χ3v) is 4.70. The van der Waals surface area contributed by atoms with E-state index in [-0.39, 0.29) is 18.7 Å². The number of carboxylic acids is 1. The van der Waals surface area contributed by atoms with Crippen molar-refractivity contribution < 1.29 is 19.8 Å². The van der Waals surface area contributed by atoms with Crippen LogP contribution in [0.4, 0.5) is 4.79 Å². The molecule has 6 heteroatoms. The van der Waals surface area contributed by atoms with E-state index in [0.717, 1.165) is 12.8 Å². The molecule has 2 fully saturated rings. The summed E-state index contributed by atoms with van der Waals surface area (Å²) in [5, 5.41) is 18.4. The van der Waals surface area contributed by atoms with Crippen LogP contribution in [0.1, 0.15) is 39.0 Å². The van der Waals surface area contributed by atoms with Crippen molar-refractivity contribution in [3.05, 3.63) is 0 Å². The highest BCUT2D eigenvalue weighted by Gasteiger charge is 2.42. The third-order valence-electron chi connectivity index (χ3n) is 4.70. The molecule has 0 bridgehead atoms. The quantitative estimate of drug-likeness (QED) is 0.793. The molecule has 20 heavy (non-hydrogen) atoms. The normalized spacial score (nSPS) is 21.6. The predicted molar refractivity (Wildman–Crippen MR) is 73.4 cm³/mol. The average Bonchev–Trinajstić information content (AvgIpc) is 3.28. The molecule has 1 saturated heterocycles. The van der Waals surface area contributed by atoms with Crippen LogP contribution in [0.5, 0.6) is 0 Å². The molecule has 1 saturated carbocycles. The van der Waals surface area contributed by atoms with Crippen LogP contribution in [0.2, 0.25) is 0 Å². The monoisotopic (exact) mass is 284 g/mol. The zero-order chi connectivity index (χ0) is 14.8. The zero-order valence-electron chi connectivity index (χ0n) is 12.0. The first kappa shape index (κ1) is 15.1. The van der Waals surface area contributed by atoms with E-state index in [0.29, 0.717) is 38.9 Å². The minimum atomic E-state index is -0.749. The van der Waals surface area contributed by atoms with Crippen LogP contribution in [0.25, 0.3) is 0 Å². The molecule has 2 rings (SSSR count). The summed E-state index contributed by atoms with van der Waals surface area (Å²) in [4.78, 5) is 27.3. The van der Waals surface area contributed by atoms with Gasteiger partial charge in [0.1, 0.15) is 0 Å². The minimum absolute atomic E-state index is 0.0237. The van der Waals surface area contributed by atoms with E-state index in [1.807, 2.05) is 6.92 Å². The van der Waals surface area contributed by atoms with E-state index in [2.05, 4.69) is 0 Å². The number of hydrogen-bond acceptors (Lipinski definition) is 3. The van der Waals surface area contributed by atoms with Crippen molar-refractivity contribution in [2.75, 3.05) is 26.2 Å². The summed E-state index contributed by atoms with van der Waals surface area (Å²) in [5.74, 6) is -0.749. The predicted octanol–water partition coefficient (Wildman–Crippen LogP) is 1.14. The van der Waals surface area contributed by atoms with Gasteiger partial charge in [0.05, 0.1) is 12.0 Å². The second kappa shape index (κ2) is 5.99. The van der Waals surface area contributed by atoms with Gasteiger partial charge in [-0.05, 0) is 32.1 Å². The molecule has 0 aromatic carbocycles.